The smallest absolute Gasteiger partial charge is 0.322 e. The van der Waals surface area contributed by atoms with Crippen molar-refractivity contribution in [1.29, 1.82) is 0 Å². The molecule has 3 amide bonds. The lowest BCUT2D eigenvalue weighted by Gasteiger charge is -2.28. The van der Waals surface area contributed by atoms with Crippen molar-refractivity contribution in [3.05, 3.63) is 29.8 Å². The zero-order chi connectivity index (χ0) is 24.4. The molecule has 0 saturated carbocycles. The zero-order valence-electron chi connectivity index (χ0n) is 18.9. The van der Waals surface area contributed by atoms with E-state index in [1.54, 1.807) is 32.9 Å². The maximum atomic E-state index is 13.0. The fourth-order valence-corrected chi connectivity index (χ4v) is 2.99. The van der Waals surface area contributed by atoms with E-state index in [-0.39, 0.29) is 24.0 Å². The second kappa shape index (κ2) is 12.7. The number of carboxylic acid groups (broad SMARTS) is 1. The van der Waals surface area contributed by atoms with E-state index in [9.17, 15) is 24.3 Å². The molecule has 0 fully saturated rings. The van der Waals surface area contributed by atoms with Gasteiger partial charge in [-0.3, -0.25) is 19.2 Å². The molecule has 0 bridgehead atoms. The number of phenolic OH excluding ortho intramolecular Hbond substituents is 1. The average molecular weight is 451 g/mol. The second-order valence-electron chi connectivity index (χ2n) is 8.19. The number of hydrogen-bond acceptors (Lipinski definition) is 6. The number of carbonyl (C=O) groups excluding carboxylic acids is 3. The van der Waals surface area contributed by atoms with Crippen LogP contribution in [-0.2, 0) is 25.6 Å². The van der Waals surface area contributed by atoms with Crippen LogP contribution in [0.3, 0.4) is 0 Å². The molecule has 0 saturated heterocycles. The zero-order valence-corrected chi connectivity index (χ0v) is 18.9. The SMILES string of the molecule is CCC(C)C(NC(=O)C(N)Cc1ccc(O)cc1)C(=O)NC(C(=O)NCC(=O)O)C(C)C. The summed E-state index contributed by atoms with van der Waals surface area (Å²) in [5.74, 6) is -3.32. The van der Waals surface area contributed by atoms with Gasteiger partial charge in [0.1, 0.15) is 24.4 Å². The third-order valence-electron chi connectivity index (χ3n) is 5.18. The Bertz CT molecular complexity index is 796. The van der Waals surface area contributed by atoms with E-state index in [1.807, 2.05) is 6.92 Å². The van der Waals surface area contributed by atoms with E-state index in [2.05, 4.69) is 16.0 Å². The molecular formula is C22H34N4O6. The highest BCUT2D eigenvalue weighted by atomic mass is 16.4. The Labute approximate surface area is 187 Å². The van der Waals surface area contributed by atoms with Crippen LogP contribution in [0.25, 0.3) is 0 Å². The number of hydrogen-bond donors (Lipinski definition) is 6. The molecule has 0 spiro atoms. The minimum Gasteiger partial charge on any atom is -0.508 e. The van der Waals surface area contributed by atoms with Crippen LogP contribution in [0.15, 0.2) is 24.3 Å². The number of nitrogens with one attached hydrogen (secondary N) is 3. The maximum Gasteiger partial charge on any atom is 0.322 e. The maximum absolute atomic E-state index is 13.0. The molecule has 10 nitrogen and oxygen atoms in total. The Morgan fingerprint density at radius 1 is 0.938 bits per heavy atom. The number of aromatic hydroxyl groups is 1. The van der Waals surface area contributed by atoms with E-state index in [0.29, 0.717) is 6.42 Å². The number of nitrogens with two attached hydrogens (primary N) is 1. The highest BCUT2D eigenvalue weighted by Crippen LogP contribution is 2.13. The van der Waals surface area contributed by atoms with Crippen LogP contribution in [0, 0.1) is 11.8 Å². The van der Waals surface area contributed by atoms with Gasteiger partial charge in [-0.15, -0.1) is 0 Å². The quantitative estimate of drug-likeness (QED) is 0.263. The van der Waals surface area contributed by atoms with Crippen LogP contribution in [0.1, 0.15) is 39.7 Å². The predicted molar refractivity (Wildman–Crippen MR) is 119 cm³/mol. The first kappa shape index (κ1) is 26.9. The molecule has 10 heteroatoms. The highest BCUT2D eigenvalue weighted by molar-refractivity contribution is 5.94. The summed E-state index contributed by atoms with van der Waals surface area (Å²) in [7, 11) is 0. The van der Waals surface area contributed by atoms with Crippen LogP contribution in [-0.4, -0.2) is 58.6 Å². The molecule has 4 unspecified atom stereocenters. The summed E-state index contributed by atoms with van der Waals surface area (Å²) >= 11 is 0. The number of benzene rings is 1. The molecule has 0 radical (unpaired) electrons. The third-order valence-corrected chi connectivity index (χ3v) is 5.18. The van der Waals surface area contributed by atoms with Gasteiger partial charge in [-0.05, 0) is 36.0 Å². The first-order chi connectivity index (χ1) is 15.0. The van der Waals surface area contributed by atoms with Crippen molar-refractivity contribution in [1.82, 2.24) is 16.0 Å². The monoisotopic (exact) mass is 450 g/mol. The minimum atomic E-state index is -1.19. The van der Waals surface area contributed by atoms with Crippen LogP contribution in [0.5, 0.6) is 5.75 Å². The second-order valence-corrected chi connectivity index (χ2v) is 8.19. The summed E-state index contributed by atoms with van der Waals surface area (Å²) in [6.07, 6.45) is 0.802. The van der Waals surface area contributed by atoms with Gasteiger partial charge in [0.2, 0.25) is 17.7 Å². The fourth-order valence-electron chi connectivity index (χ4n) is 2.99. The number of rotatable bonds is 12. The van der Waals surface area contributed by atoms with Crippen molar-refractivity contribution in [3.8, 4) is 5.75 Å². The van der Waals surface area contributed by atoms with E-state index >= 15 is 0 Å². The van der Waals surface area contributed by atoms with Crippen molar-refractivity contribution in [2.24, 2.45) is 17.6 Å². The normalized spacial score (nSPS) is 14.7. The highest BCUT2D eigenvalue weighted by Gasteiger charge is 2.32. The summed E-state index contributed by atoms with van der Waals surface area (Å²) in [4.78, 5) is 48.7. The van der Waals surface area contributed by atoms with Gasteiger partial charge in [-0.2, -0.15) is 0 Å². The third kappa shape index (κ3) is 8.54. The number of aliphatic carboxylic acids is 1. The van der Waals surface area contributed by atoms with Crippen molar-refractivity contribution in [2.45, 2.75) is 58.7 Å². The molecular weight excluding hydrogens is 416 g/mol. The van der Waals surface area contributed by atoms with Gasteiger partial charge in [-0.1, -0.05) is 46.2 Å². The summed E-state index contributed by atoms with van der Waals surface area (Å²) in [6.45, 7) is 6.54. The predicted octanol–water partition coefficient (Wildman–Crippen LogP) is 0.135. The first-order valence-corrected chi connectivity index (χ1v) is 10.6. The Morgan fingerprint density at radius 2 is 1.50 bits per heavy atom. The van der Waals surface area contributed by atoms with Crippen molar-refractivity contribution >= 4 is 23.7 Å². The fraction of sp³-hybridized carbons (Fsp3) is 0.545. The van der Waals surface area contributed by atoms with Gasteiger partial charge < -0.3 is 31.9 Å². The van der Waals surface area contributed by atoms with Crippen LogP contribution < -0.4 is 21.7 Å². The van der Waals surface area contributed by atoms with E-state index < -0.39 is 48.4 Å². The Kier molecular flexibility index (Phi) is 10.6. The van der Waals surface area contributed by atoms with Gasteiger partial charge in [0.15, 0.2) is 0 Å². The average Bonchev–Trinajstić information content (AvgIpc) is 2.74. The number of carboxylic acids is 1. The van der Waals surface area contributed by atoms with E-state index in [1.165, 1.54) is 12.1 Å². The first-order valence-electron chi connectivity index (χ1n) is 10.6. The summed E-state index contributed by atoms with van der Waals surface area (Å²) in [5, 5.41) is 25.7. The molecule has 0 aromatic heterocycles. The van der Waals surface area contributed by atoms with Crippen LogP contribution >= 0.6 is 0 Å². The van der Waals surface area contributed by atoms with Gasteiger partial charge in [0.25, 0.3) is 0 Å². The molecule has 178 valence electrons. The number of amides is 3. The number of phenols is 1. The molecule has 32 heavy (non-hydrogen) atoms. The van der Waals surface area contributed by atoms with Gasteiger partial charge in [0.05, 0.1) is 6.04 Å². The van der Waals surface area contributed by atoms with E-state index in [0.717, 1.165) is 5.56 Å². The Balaban J connectivity index is 2.87. The van der Waals surface area contributed by atoms with E-state index in [4.69, 9.17) is 10.8 Å². The molecule has 0 aliphatic rings. The molecule has 1 rings (SSSR count). The summed E-state index contributed by atoms with van der Waals surface area (Å²) < 4.78 is 0. The number of carbonyl (C=O) groups is 4. The molecule has 0 aliphatic carbocycles. The summed E-state index contributed by atoms with van der Waals surface area (Å²) in [6, 6.07) is 3.50. The Hall–Kier alpha value is -3.14. The van der Waals surface area contributed by atoms with Crippen LogP contribution in [0.2, 0.25) is 0 Å². The molecule has 0 heterocycles. The van der Waals surface area contributed by atoms with Crippen molar-refractivity contribution < 1.29 is 29.4 Å². The standard InChI is InChI=1S/C22H34N4O6/c1-5-13(4)19(22(32)25-18(12(2)3)21(31)24-11-17(28)29)26-20(30)16(23)10-14-6-8-15(27)9-7-14/h6-9,12-13,16,18-19,27H,5,10-11,23H2,1-4H3,(H,24,31)(H,25,32)(H,26,30)(H,28,29). The molecule has 4 atom stereocenters. The molecule has 1 aromatic rings. The largest absolute Gasteiger partial charge is 0.508 e. The van der Waals surface area contributed by atoms with Crippen LogP contribution in [0.4, 0.5) is 0 Å². The molecule has 7 N–H and O–H groups in total. The molecule has 0 aliphatic heterocycles. The summed E-state index contributed by atoms with van der Waals surface area (Å²) in [5.41, 5.74) is 6.77. The topological polar surface area (TPSA) is 171 Å². The molecule has 1 aromatic carbocycles. The Morgan fingerprint density at radius 3 is 2.00 bits per heavy atom. The lowest BCUT2D eigenvalue weighted by atomic mass is 9.95. The van der Waals surface area contributed by atoms with Gasteiger partial charge in [0, 0.05) is 0 Å². The van der Waals surface area contributed by atoms with Gasteiger partial charge >= 0.3 is 5.97 Å². The van der Waals surface area contributed by atoms with Gasteiger partial charge in [-0.25, -0.2) is 0 Å². The van der Waals surface area contributed by atoms with Crippen molar-refractivity contribution in [2.75, 3.05) is 6.54 Å². The van der Waals surface area contributed by atoms with Crippen molar-refractivity contribution in [3.63, 3.8) is 0 Å². The minimum absolute atomic E-state index is 0.104. The lowest BCUT2D eigenvalue weighted by molar-refractivity contribution is -0.139. The lowest BCUT2D eigenvalue weighted by Crippen LogP contribution is -2.59.